The molecule has 154 valence electrons. The van der Waals surface area contributed by atoms with Crippen LogP contribution in [-0.2, 0) is 14.4 Å². The van der Waals surface area contributed by atoms with Gasteiger partial charge in [-0.05, 0) is 50.7 Å². The molecule has 2 N–H and O–H groups in total. The van der Waals surface area contributed by atoms with Gasteiger partial charge in [0.2, 0.25) is 0 Å². The van der Waals surface area contributed by atoms with Crippen molar-refractivity contribution in [3.8, 4) is 0 Å². The molecule has 1 amide bonds. The highest BCUT2D eigenvalue weighted by Crippen LogP contribution is 2.38. The number of hydrogen-bond acceptors (Lipinski definition) is 5. The van der Waals surface area contributed by atoms with Gasteiger partial charge in [-0.15, -0.1) is 0 Å². The van der Waals surface area contributed by atoms with Crippen molar-refractivity contribution in [1.82, 2.24) is 10.4 Å². The minimum atomic E-state index is -0.969. The van der Waals surface area contributed by atoms with Gasteiger partial charge in [-0.1, -0.05) is 25.7 Å². The number of fused-ring (bicyclic) bond motifs is 1. The average Bonchev–Trinajstić information content (AvgIpc) is 2.62. The summed E-state index contributed by atoms with van der Waals surface area (Å²) in [7, 11) is 1.73. The molecule has 2 fully saturated rings. The first-order valence-corrected chi connectivity index (χ1v) is 10.0. The van der Waals surface area contributed by atoms with E-state index in [1.807, 2.05) is 12.3 Å². The Morgan fingerprint density at radius 2 is 2.18 bits per heavy atom. The second kappa shape index (κ2) is 8.23. The van der Waals surface area contributed by atoms with Gasteiger partial charge in [0.05, 0.1) is 11.7 Å². The maximum Gasteiger partial charge on any atom is 0.258 e. The number of hydrogen-bond donors (Lipinski definition) is 2. The molecule has 3 rings (SSSR count). The number of hydroxylamine groups is 1. The van der Waals surface area contributed by atoms with E-state index in [9.17, 15) is 9.90 Å². The van der Waals surface area contributed by atoms with Gasteiger partial charge in [0, 0.05) is 31.3 Å². The smallest absolute Gasteiger partial charge is 0.258 e. The molecular weight excluding hydrogens is 356 g/mol. The van der Waals surface area contributed by atoms with Crippen molar-refractivity contribution < 1.29 is 19.5 Å². The Morgan fingerprint density at radius 1 is 1.46 bits per heavy atom. The maximum absolute atomic E-state index is 12.5. The lowest BCUT2D eigenvalue weighted by Gasteiger charge is -2.39. The van der Waals surface area contributed by atoms with Crippen molar-refractivity contribution in [1.29, 1.82) is 0 Å². The van der Waals surface area contributed by atoms with Gasteiger partial charge in [-0.2, -0.15) is 0 Å². The second-order valence-electron chi connectivity index (χ2n) is 8.65. The van der Waals surface area contributed by atoms with Gasteiger partial charge in [0.1, 0.15) is 5.76 Å². The monoisotopic (exact) mass is 388 g/mol. The third-order valence-corrected chi connectivity index (χ3v) is 5.50. The Labute approximate surface area is 167 Å². The molecule has 0 aromatic heterocycles. The minimum absolute atomic E-state index is 0.0688. The largest absolute Gasteiger partial charge is 0.490 e. The van der Waals surface area contributed by atoms with Crippen LogP contribution < -0.4 is 5.48 Å². The first kappa shape index (κ1) is 20.8. The van der Waals surface area contributed by atoms with Crippen LogP contribution in [0.2, 0.25) is 0 Å². The number of carbonyl (C=O) groups excluding carboxylic acids is 1. The molecule has 6 nitrogen and oxygen atoms in total. The molecule has 2 unspecified atom stereocenters. The Bertz CT molecular complexity index is 711. The van der Waals surface area contributed by atoms with Crippen molar-refractivity contribution in [2.75, 3.05) is 13.6 Å². The van der Waals surface area contributed by atoms with Crippen molar-refractivity contribution in [2.45, 2.75) is 57.8 Å². The van der Waals surface area contributed by atoms with Gasteiger partial charge in [-0.25, -0.2) is 5.48 Å². The SMILES string of the molecule is C=C/C(OC1CC(C)C1)=C(\C=C\C(C)(C)O)C1=CN(C)C(=O)C2ONCCC12. The molecule has 6 heteroatoms. The molecule has 0 radical (unpaired) electrons. The van der Waals surface area contributed by atoms with Crippen molar-refractivity contribution in [3.05, 3.63) is 47.9 Å². The topological polar surface area (TPSA) is 71.0 Å². The fourth-order valence-electron chi connectivity index (χ4n) is 3.91. The summed E-state index contributed by atoms with van der Waals surface area (Å²) in [6.45, 7) is 10.3. The van der Waals surface area contributed by atoms with Gasteiger partial charge < -0.3 is 14.7 Å². The van der Waals surface area contributed by atoms with Crippen molar-refractivity contribution >= 4 is 5.91 Å². The Morgan fingerprint density at radius 3 is 2.79 bits per heavy atom. The molecule has 2 atom stereocenters. The highest BCUT2D eigenvalue weighted by Gasteiger charge is 2.41. The van der Waals surface area contributed by atoms with Crippen LogP contribution in [0.3, 0.4) is 0 Å². The van der Waals surface area contributed by atoms with Crippen LogP contribution in [0.5, 0.6) is 0 Å². The van der Waals surface area contributed by atoms with E-state index in [-0.39, 0.29) is 17.9 Å². The molecule has 1 aliphatic carbocycles. The molecule has 0 bridgehead atoms. The average molecular weight is 389 g/mol. The number of aliphatic hydroxyl groups is 1. The zero-order chi connectivity index (χ0) is 20.5. The van der Waals surface area contributed by atoms with Gasteiger partial charge >= 0.3 is 0 Å². The fourth-order valence-corrected chi connectivity index (χ4v) is 3.91. The number of likely N-dealkylation sites (N-methyl/N-ethyl adjacent to an activating group) is 1. The van der Waals surface area contributed by atoms with E-state index in [1.165, 1.54) is 0 Å². The highest BCUT2D eigenvalue weighted by molar-refractivity contribution is 5.84. The number of allylic oxidation sites excluding steroid dienone is 3. The van der Waals surface area contributed by atoms with Crippen LogP contribution in [-0.4, -0.2) is 47.3 Å². The van der Waals surface area contributed by atoms with Crippen LogP contribution in [0.15, 0.2) is 47.9 Å². The molecule has 0 aromatic rings. The van der Waals surface area contributed by atoms with Crippen LogP contribution in [0, 0.1) is 11.8 Å². The Hall–Kier alpha value is -1.89. The Kier molecular flexibility index (Phi) is 6.12. The van der Waals surface area contributed by atoms with E-state index >= 15 is 0 Å². The summed E-state index contributed by atoms with van der Waals surface area (Å²) in [5, 5.41) is 10.2. The second-order valence-corrected chi connectivity index (χ2v) is 8.65. The molecule has 0 spiro atoms. The van der Waals surface area contributed by atoms with Crippen LogP contribution in [0.1, 0.15) is 40.0 Å². The summed E-state index contributed by atoms with van der Waals surface area (Å²) in [5.74, 6) is 1.21. The fraction of sp³-hybridized carbons (Fsp3) is 0.591. The number of amides is 1. The predicted molar refractivity (Wildman–Crippen MR) is 108 cm³/mol. The molecule has 0 aromatic carbocycles. The quantitative estimate of drug-likeness (QED) is 0.541. The maximum atomic E-state index is 12.5. The van der Waals surface area contributed by atoms with Gasteiger partial charge in [0.25, 0.3) is 5.91 Å². The van der Waals surface area contributed by atoms with Crippen molar-refractivity contribution in [2.24, 2.45) is 11.8 Å². The number of ether oxygens (including phenoxy) is 1. The zero-order valence-electron chi connectivity index (χ0n) is 17.3. The van der Waals surface area contributed by atoms with E-state index in [1.54, 1.807) is 37.9 Å². The van der Waals surface area contributed by atoms with E-state index in [0.717, 1.165) is 30.4 Å². The summed E-state index contributed by atoms with van der Waals surface area (Å²) >= 11 is 0. The number of rotatable bonds is 6. The van der Waals surface area contributed by atoms with E-state index < -0.39 is 11.7 Å². The standard InChI is InChI=1S/C22H32N2O4/c1-6-19(27-15-11-14(2)12-15)16(7-9-22(3,4)26)18-13-24(5)21(25)20-17(18)8-10-23-28-20/h6-7,9,13-15,17,20,23,26H,1,8,10-12H2,2-5H3/b9-7+,19-16-. The Balaban J connectivity index is 2.02. The third kappa shape index (κ3) is 4.57. The predicted octanol–water partition coefficient (Wildman–Crippen LogP) is 2.83. The lowest BCUT2D eigenvalue weighted by Crippen LogP contribution is -2.51. The number of nitrogens with one attached hydrogen (secondary N) is 1. The van der Waals surface area contributed by atoms with Crippen molar-refractivity contribution in [3.63, 3.8) is 0 Å². The molecule has 3 aliphatic rings. The normalized spacial score (nSPS) is 31.7. The van der Waals surface area contributed by atoms with Crippen LogP contribution >= 0.6 is 0 Å². The summed E-state index contributed by atoms with van der Waals surface area (Å²) in [4.78, 5) is 19.7. The third-order valence-electron chi connectivity index (χ3n) is 5.50. The summed E-state index contributed by atoms with van der Waals surface area (Å²) < 4.78 is 6.26. The molecule has 1 saturated heterocycles. The molecular formula is C22H32N2O4. The lowest BCUT2D eigenvalue weighted by atomic mass is 9.81. The molecule has 2 heterocycles. The van der Waals surface area contributed by atoms with Gasteiger partial charge in [-0.3, -0.25) is 9.63 Å². The highest BCUT2D eigenvalue weighted by atomic mass is 16.7. The summed E-state index contributed by atoms with van der Waals surface area (Å²) in [6.07, 6.45) is 9.64. The molecule has 2 aliphatic heterocycles. The summed E-state index contributed by atoms with van der Waals surface area (Å²) in [5.41, 5.74) is 3.69. The lowest BCUT2D eigenvalue weighted by molar-refractivity contribution is -0.157. The van der Waals surface area contributed by atoms with E-state index in [4.69, 9.17) is 9.57 Å². The van der Waals surface area contributed by atoms with Crippen LogP contribution in [0.4, 0.5) is 0 Å². The number of carbonyl (C=O) groups is 1. The number of nitrogens with zero attached hydrogens (tertiary/aromatic N) is 1. The first-order valence-electron chi connectivity index (χ1n) is 10.0. The van der Waals surface area contributed by atoms with Gasteiger partial charge in [0.15, 0.2) is 6.10 Å². The first-order chi connectivity index (χ1) is 13.2. The molecule has 28 heavy (non-hydrogen) atoms. The summed E-state index contributed by atoms with van der Waals surface area (Å²) in [6, 6.07) is 0. The van der Waals surface area contributed by atoms with E-state index in [2.05, 4.69) is 19.0 Å². The van der Waals surface area contributed by atoms with E-state index in [0.29, 0.717) is 18.2 Å². The minimum Gasteiger partial charge on any atom is -0.490 e. The molecule has 1 saturated carbocycles. The zero-order valence-corrected chi connectivity index (χ0v) is 17.3. The van der Waals surface area contributed by atoms with Crippen LogP contribution in [0.25, 0.3) is 0 Å².